The molecule has 0 bridgehead atoms. The molecule has 3 amide bonds. The number of urea groups is 1. The van der Waals surface area contributed by atoms with E-state index in [2.05, 4.69) is 41.6 Å². The molecule has 0 spiro atoms. The minimum Gasteiger partial charge on any atom is -0.490 e. The van der Waals surface area contributed by atoms with Gasteiger partial charge in [-0.25, -0.2) is 4.79 Å². The Labute approximate surface area is 249 Å². The third-order valence-corrected chi connectivity index (χ3v) is 7.56. The number of likely N-dealkylation sites (tertiary alicyclic amines) is 1. The summed E-state index contributed by atoms with van der Waals surface area (Å²) in [6.45, 7) is 9.67. The molecule has 1 heterocycles. The van der Waals surface area contributed by atoms with Crippen molar-refractivity contribution in [3.8, 4) is 17.2 Å². The molecule has 3 N–H and O–H groups in total. The van der Waals surface area contributed by atoms with Gasteiger partial charge in [0.1, 0.15) is 23.4 Å². The summed E-state index contributed by atoms with van der Waals surface area (Å²) < 4.78 is 12.1. The summed E-state index contributed by atoms with van der Waals surface area (Å²) >= 11 is 0. The summed E-state index contributed by atoms with van der Waals surface area (Å²) in [5.74, 6) is 1.89. The predicted octanol–water partition coefficient (Wildman–Crippen LogP) is 7.68. The van der Waals surface area contributed by atoms with Gasteiger partial charge in [-0.1, -0.05) is 27.2 Å². The van der Waals surface area contributed by atoms with E-state index in [9.17, 15) is 9.59 Å². The highest BCUT2D eigenvalue weighted by atomic mass is 16.5. The van der Waals surface area contributed by atoms with Gasteiger partial charge in [-0.2, -0.15) is 0 Å². The minimum atomic E-state index is -0.215. The van der Waals surface area contributed by atoms with Crippen molar-refractivity contribution in [3.63, 3.8) is 0 Å². The number of carbonyl (C=O) groups is 2. The maximum atomic E-state index is 12.8. The van der Waals surface area contributed by atoms with E-state index in [1.165, 1.54) is 19.4 Å². The first kappa shape index (κ1) is 30.9. The number of anilines is 2. The number of nitrogens with one attached hydrogen (secondary N) is 3. The Hall–Kier alpha value is -4.04. The fraction of sp³-hybridized carbons (Fsp3) is 0.412. The molecule has 1 saturated heterocycles. The van der Waals surface area contributed by atoms with Crippen LogP contribution in [0, 0.1) is 0 Å². The first-order valence-electron chi connectivity index (χ1n) is 15.2. The van der Waals surface area contributed by atoms with Crippen LogP contribution in [-0.2, 0) is 0 Å². The number of unbranched alkanes of at least 4 members (excludes halogenated alkanes) is 1. The third kappa shape index (κ3) is 9.52. The van der Waals surface area contributed by atoms with Gasteiger partial charge in [0.15, 0.2) is 0 Å². The SMILES string of the molecule is CCCCN1CCC(Oc2ccc(C(=O)Nc3ccc(Oc4ccc(NC(=O)NC(CC)CC)cc4)cc3)cc2)CC1. The number of benzene rings is 3. The molecular weight excluding hydrogens is 528 g/mol. The lowest BCUT2D eigenvalue weighted by atomic mass is 10.1. The Morgan fingerprint density at radius 1 is 0.786 bits per heavy atom. The van der Waals surface area contributed by atoms with E-state index < -0.39 is 0 Å². The summed E-state index contributed by atoms with van der Waals surface area (Å²) in [4.78, 5) is 27.5. The van der Waals surface area contributed by atoms with Gasteiger partial charge in [0.2, 0.25) is 0 Å². The van der Waals surface area contributed by atoms with Gasteiger partial charge >= 0.3 is 6.03 Å². The van der Waals surface area contributed by atoms with E-state index in [1.807, 2.05) is 12.1 Å². The lowest BCUT2D eigenvalue weighted by Gasteiger charge is -2.32. The minimum absolute atomic E-state index is 0.161. The zero-order valence-electron chi connectivity index (χ0n) is 25.0. The maximum Gasteiger partial charge on any atom is 0.319 e. The lowest BCUT2D eigenvalue weighted by molar-refractivity contribution is 0.0996. The van der Waals surface area contributed by atoms with Crippen LogP contribution in [0.15, 0.2) is 72.8 Å². The topological polar surface area (TPSA) is 91.9 Å². The number of rotatable bonds is 13. The largest absolute Gasteiger partial charge is 0.490 e. The standard InChI is InChI=1S/C34H44N4O4/c1-4-7-22-38-23-20-32(21-24-38)42-29-14-8-25(9-15-29)33(39)35-27-10-16-30(17-11-27)41-31-18-12-28(13-19-31)37-34(40)36-26(5-2)6-3/h8-19,26,32H,4-7,20-24H2,1-3H3,(H,35,39)(H2,36,37,40). The zero-order chi connectivity index (χ0) is 29.7. The van der Waals surface area contributed by atoms with Crippen LogP contribution in [0.2, 0.25) is 0 Å². The molecule has 0 unspecified atom stereocenters. The molecule has 224 valence electrons. The summed E-state index contributed by atoms with van der Waals surface area (Å²) in [6.07, 6.45) is 6.55. The molecule has 1 fully saturated rings. The Balaban J connectivity index is 1.22. The van der Waals surface area contributed by atoms with Crippen molar-refractivity contribution in [2.24, 2.45) is 0 Å². The summed E-state index contributed by atoms with van der Waals surface area (Å²) in [6, 6.07) is 21.7. The van der Waals surface area contributed by atoms with E-state index in [0.29, 0.717) is 28.4 Å². The van der Waals surface area contributed by atoms with Gasteiger partial charge in [0.05, 0.1) is 0 Å². The van der Waals surface area contributed by atoms with Gasteiger partial charge in [0, 0.05) is 36.1 Å². The molecule has 3 aromatic rings. The van der Waals surface area contributed by atoms with E-state index in [0.717, 1.165) is 44.5 Å². The van der Waals surface area contributed by atoms with Crippen molar-refractivity contribution < 1.29 is 19.1 Å². The molecule has 3 aromatic carbocycles. The van der Waals surface area contributed by atoms with E-state index >= 15 is 0 Å². The molecule has 0 saturated carbocycles. The third-order valence-electron chi connectivity index (χ3n) is 7.56. The van der Waals surface area contributed by atoms with Crippen molar-refractivity contribution in [1.82, 2.24) is 10.2 Å². The molecule has 0 atom stereocenters. The number of carbonyl (C=O) groups excluding carboxylic acids is 2. The number of piperidine rings is 1. The number of hydrogen-bond donors (Lipinski definition) is 3. The van der Waals surface area contributed by atoms with Crippen LogP contribution in [0.3, 0.4) is 0 Å². The van der Waals surface area contributed by atoms with Crippen LogP contribution in [0.25, 0.3) is 0 Å². The molecule has 8 nitrogen and oxygen atoms in total. The second-order valence-electron chi connectivity index (χ2n) is 10.8. The van der Waals surface area contributed by atoms with Crippen molar-refractivity contribution in [3.05, 3.63) is 78.4 Å². The fourth-order valence-corrected chi connectivity index (χ4v) is 4.91. The Morgan fingerprint density at radius 2 is 1.33 bits per heavy atom. The predicted molar refractivity (Wildman–Crippen MR) is 169 cm³/mol. The maximum absolute atomic E-state index is 12.8. The van der Waals surface area contributed by atoms with Crippen molar-refractivity contribution in [1.29, 1.82) is 0 Å². The molecule has 0 radical (unpaired) electrons. The van der Waals surface area contributed by atoms with Crippen LogP contribution >= 0.6 is 0 Å². The molecule has 1 aliphatic rings. The number of amides is 3. The Kier molecular flexibility index (Phi) is 11.6. The molecule has 0 aromatic heterocycles. The zero-order valence-corrected chi connectivity index (χ0v) is 25.0. The summed E-state index contributed by atoms with van der Waals surface area (Å²) in [5, 5.41) is 8.73. The van der Waals surface area contributed by atoms with Crippen molar-refractivity contribution >= 4 is 23.3 Å². The normalized spacial score (nSPS) is 13.9. The first-order chi connectivity index (χ1) is 20.4. The average Bonchev–Trinajstić information content (AvgIpc) is 3.01. The highest BCUT2D eigenvalue weighted by molar-refractivity contribution is 6.04. The number of ether oxygens (including phenoxy) is 2. The average molecular weight is 573 g/mol. The molecule has 42 heavy (non-hydrogen) atoms. The van der Waals surface area contributed by atoms with Gasteiger partial charge in [-0.05, 0) is 111 Å². The van der Waals surface area contributed by atoms with Crippen molar-refractivity contribution in [2.75, 3.05) is 30.3 Å². The van der Waals surface area contributed by atoms with Crippen LogP contribution in [0.1, 0.15) is 69.7 Å². The van der Waals surface area contributed by atoms with E-state index in [1.54, 1.807) is 60.7 Å². The number of hydrogen-bond acceptors (Lipinski definition) is 5. The molecule has 8 heteroatoms. The van der Waals surface area contributed by atoms with Gasteiger partial charge in [-0.15, -0.1) is 0 Å². The van der Waals surface area contributed by atoms with Crippen LogP contribution in [-0.4, -0.2) is 48.6 Å². The van der Waals surface area contributed by atoms with Crippen LogP contribution in [0.5, 0.6) is 17.2 Å². The second kappa shape index (κ2) is 15.8. The summed E-state index contributed by atoms with van der Waals surface area (Å²) in [7, 11) is 0. The second-order valence-corrected chi connectivity index (χ2v) is 10.8. The van der Waals surface area contributed by atoms with Crippen LogP contribution < -0.4 is 25.4 Å². The lowest BCUT2D eigenvalue weighted by Crippen LogP contribution is -2.38. The molecular formula is C34H44N4O4. The summed E-state index contributed by atoms with van der Waals surface area (Å²) in [5.41, 5.74) is 1.93. The van der Waals surface area contributed by atoms with Gasteiger partial charge in [-0.3, -0.25) is 4.79 Å². The quantitative estimate of drug-likeness (QED) is 0.195. The molecule has 0 aliphatic carbocycles. The fourth-order valence-electron chi connectivity index (χ4n) is 4.91. The van der Waals surface area contributed by atoms with E-state index in [-0.39, 0.29) is 24.1 Å². The Morgan fingerprint density at radius 3 is 1.88 bits per heavy atom. The Bertz CT molecular complexity index is 1250. The molecule has 1 aliphatic heterocycles. The van der Waals surface area contributed by atoms with Gasteiger partial charge in [0.25, 0.3) is 5.91 Å². The van der Waals surface area contributed by atoms with Gasteiger partial charge < -0.3 is 30.3 Å². The first-order valence-corrected chi connectivity index (χ1v) is 15.2. The highest BCUT2D eigenvalue weighted by Gasteiger charge is 2.20. The smallest absolute Gasteiger partial charge is 0.319 e. The van der Waals surface area contributed by atoms with Crippen molar-refractivity contribution in [2.45, 2.75) is 71.4 Å². The molecule has 4 rings (SSSR count). The highest BCUT2D eigenvalue weighted by Crippen LogP contribution is 2.25. The van der Waals surface area contributed by atoms with E-state index in [4.69, 9.17) is 9.47 Å². The van der Waals surface area contributed by atoms with Crippen LogP contribution in [0.4, 0.5) is 16.2 Å². The monoisotopic (exact) mass is 572 g/mol. The number of nitrogens with zero attached hydrogens (tertiary/aromatic N) is 1.